The Bertz CT molecular complexity index is 338. The fourth-order valence-corrected chi connectivity index (χ4v) is 2.34. The van der Waals surface area contributed by atoms with Crippen LogP contribution in [0.1, 0.15) is 26.7 Å². The summed E-state index contributed by atoms with van der Waals surface area (Å²) in [6.07, 6.45) is 4.01. The SMILES string of the molecule is CSC(=NC(=S)NC(C)C)NC(=O)N1CCCC1. The second kappa shape index (κ2) is 7.58. The summed E-state index contributed by atoms with van der Waals surface area (Å²) in [6.45, 7) is 5.62. The second-order valence-corrected chi connectivity index (χ2v) is 5.53. The molecule has 2 N–H and O–H groups in total. The van der Waals surface area contributed by atoms with Gasteiger partial charge in [0, 0.05) is 19.1 Å². The highest BCUT2D eigenvalue weighted by Crippen LogP contribution is 2.07. The van der Waals surface area contributed by atoms with Crippen LogP contribution in [0, 0.1) is 0 Å². The van der Waals surface area contributed by atoms with Crippen molar-refractivity contribution in [3.63, 3.8) is 0 Å². The van der Waals surface area contributed by atoms with Gasteiger partial charge in [-0.15, -0.1) is 0 Å². The average Bonchev–Trinajstić information content (AvgIpc) is 2.80. The molecule has 1 rings (SSSR count). The first-order valence-electron chi connectivity index (χ1n) is 6.02. The molecule has 0 saturated carbocycles. The van der Waals surface area contributed by atoms with Gasteiger partial charge in [-0.2, -0.15) is 4.99 Å². The fraction of sp³-hybridized carbons (Fsp3) is 0.727. The van der Waals surface area contributed by atoms with Crippen LogP contribution < -0.4 is 10.6 Å². The number of carbonyl (C=O) groups is 1. The molecular formula is C11H20N4OS2. The summed E-state index contributed by atoms with van der Waals surface area (Å²) in [5, 5.41) is 6.73. The molecule has 0 aromatic heterocycles. The predicted molar refractivity (Wildman–Crippen MR) is 81.2 cm³/mol. The highest BCUT2D eigenvalue weighted by Gasteiger charge is 2.18. The van der Waals surface area contributed by atoms with Crippen molar-refractivity contribution in [1.29, 1.82) is 0 Å². The Morgan fingerprint density at radius 3 is 2.50 bits per heavy atom. The van der Waals surface area contributed by atoms with Gasteiger partial charge in [0.05, 0.1) is 0 Å². The van der Waals surface area contributed by atoms with E-state index in [0.29, 0.717) is 10.3 Å². The molecule has 0 aromatic carbocycles. The number of hydrogen-bond donors (Lipinski definition) is 2. The Morgan fingerprint density at radius 2 is 2.00 bits per heavy atom. The van der Waals surface area contributed by atoms with Crippen LogP contribution in [-0.2, 0) is 0 Å². The van der Waals surface area contributed by atoms with Gasteiger partial charge in [-0.1, -0.05) is 11.8 Å². The molecule has 1 saturated heterocycles. The lowest BCUT2D eigenvalue weighted by Crippen LogP contribution is -2.41. The average molecular weight is 288 g/mol. The number of rotatable bonds is 1. The maximum atomic E-state index is 11.9. The van der Waals surface area contributed by atoms with Crippen molar-refractivity contribution in [1.82, 2.24) is 15.5 Å². The van der Waals surface area contributed by atoms with Crippen LogP contribution in [0.5, 0.6) is 0 Å². The lowest BCUT2D eigenvalue weighted by Gasteiger charge is -2.16. The van der Waals surface area contributed by atoms with Crippen LogP contribution in [-0.4, -0.2) is 46.6 Å². The molecule has 0 atom stereocenters. The van der Waals surface area contributed by atoms with Crippen molar-refractivity contribution in [2.45, 2.75) is 32.7 Å². The minimum absolute atomic E-state index is 0.0899. The maximum absolute atomic E-state index is 11.9. The summed E-state index contributed by atoms with van der Waals surface area (Å²) in [5.41, 5.74) is 0. The number of hydrogen-bond acceptors (Lipinski definition) is 3. The molecule has 0 aliphatic carbocycles. The number of amides is 2. The monoisotopic (exact) mass is 288 g/mol. The Morgan fingerprint density at radius 1 is 1.39 bits per heavy atom. The summed E-state index contributed by atoms with van der Waals surface area (Å²) >= 11 is 6.46. The van der Waals surface area contributed by atoms with Crippen LogP contribution >= 0.6 is 24.0 Å². The number of thioether (sulfide) groups is 1. The van der Waals surface area contributed by atoms with Gasteiger partial charge in [0.2, 0.25) is 0 Å². The van der Waals surface area contributed by atoms with Crippen molar-refractivity contribution in [3.05, 3.63) is 0 Å². The molecule has 0 unspecified atom stereocenters. The first-order valence-corrected chi connectivity index (χ1v) is 7.65. The number of urea groups is 1. The first-order chi connectivity index (χ1) is 8.52. The van der Waals surface area contributed by atoms with Gasteiger partial charge in [-0.05, 0) is 45.2 Å². The Labute approximate surface area is 118 Å². The van der Waals surface area contributed by atoms with Crippen LogP contribution in [0.3, 0.4) is 0 Å². The standard InChI is InChI=1S/C11H20N4OS2/c1-8(2)12-9(17)13-10(18-3)14-11(16)15-6-4-5-7-15/h8H,4-7H2,1-3H3,(H2,12,13,14,16,17). The number of thiocarbonyl (C=S) groups is 1. The van der Waals surface area contributed by atoms with E-state index in [1.165, 1.54) is 11.8 Å². The molecule has 0 bridgehead atoms. The molecule has 0 radical (unpaired) electrons. The number of aliphatic imine (C=N–C) groups is 1. The highest BCUT2D eigenvalue weighted by atomic mass is 32.2. The second-order valence-electron chi connectivity index (χ2n) is 4.35. The van der Waals surface area contributed by atoms with E-state index >= 15 is 0 Å². The summed E-state index contributed by atoms with van der Waals surface area (Å²) in [7, 11) is 0. The van der Waals surface area contributed by atoms with Gasteiger partial charge in [0.25, 0.3) is 0 Å². The van der Waals surface area contributed by atoms with Crippen molar-refractivity contribution in [3.8, 4) is 0 Å². The highest BCUT2D eigenvalue weighted by molar-refractivity contribution is 8.13. The van der Waals surface area contributed by atoms with E-state index in [9.17, 15) is 4.79 Å². The Hall–Kier alpha value is -0.820. The van der Waals surface area contributed by atoms with Gasteiger partial charge >= 0.3 is 6.03 Å². The molecule has 0 aromatic rings. The van der Waals surface area contributed by atoms with Gasteiger partial charge in [-0.25, -0.2) is 4.79 Å². The van der Waals surface area contributed by atoms with Crippen LogP contribution in [0.15, 0.2) is 4.99 Å². The van der Waals surface area contributed by atoms with Gasteiger partial charge in [0.1, 0.15) is 0 Å². The number of carbonyl (C=O) groups excluding carboxylic acids is 1. The summed E-state index contributed by atoms with van der Waals surface area (Å²) < 4.78 is 0. The lowest BCUT2D eigenvalue weighted by molar-refractivity contribution is 0.214. The zero-order valence-electron chi connectivity index (χ0n) is 11.0. The first kappa shape index (κ1) is 15.2. The maximum Gasteiger partial charge on any atom is 0.323 e. The molecule has 1 fully saturated rings. The van der Waals surface area contributed by atoms with E-state index in [1.54, 1.807) is 4.90 Å². The largest absolute Gasteiger partial charge is 0.359 e. The number of amidine groups is 1. The summed E-state index contributed by atoms with van der Waals surface area (Å²) in [5.74, 6) is 0. The van der Waals surface area contributed by atoms with E-state index in [1.807, 2.05) is 20.1 Å². The van der Waals surface area contributed by atoms with Crippen molar-refractivity contribution < 1.29 is 4.79 Å². The number of likely N-dealkylation sites (tertiary alicyclic amines) is 1. The molecule has 1 aliphatic heterocycles. The van der Waals surface area contributed by atoms with E-state index in [-0.39, 0.29) is 12.1 Å². The molecule has 102 valence electrons. The van der Waals surface area contributed by atoms with Crippen molar-refractivity contribution >= 4 is 40.3 Å². The van der Waals surface area contributed by atoms with E-state index in [0.717, 1.165) is 25.9 Å². The topological polar surface area (TPSA) is 56.7 Å². The zero-order valence-corrected chi connectivity index (χ0v) is 12.7. The normalized spacial score (nSPS) is 16.0. The summed E-state index contributed by atoms with van der Waals surface area (Å²) in [4.78, 5) is 17.9. The summed E-state index contributed by atoms with van der Waals surface area (Å²) in [6, 6.07) is 0.145. The van der Waals surface area contributed by atoms with E-state index in [4.69, 9.17) is 12.2 Å². The minimum atomic E-state index is -0.0899. The molecule has 5 nitrogen and oxygen atoms in total. The van der Waals surface area contributed by atoms with Crippen LogP contribution in [0.2, 0.25) is 0 Å². The Balaban J connectivity index is 2.52. The molecule has 1 heterocycles. The molecular weight excluding hydrogens is 268 g/mol. The number of nitrogens with one attached hydrogen (secondary N) is 2. The Kier molecular flexibility index (Phi) is 6.42. The quantitative estimate of drug-likeness (QED) is 0.439. The fourth-order valence-electron chi connectivity index (χ4n) is 1.59. The third-order valence-electron chi connectivity index (χ3n) is 2.42. The van der Waals surface area contributed by atoms with E-state index < -0.39 is 0 Å². The van der Waals surface area contributed by atoms with Gasteiger partial charge in [-0.3, -0.25) is 5.32 Å². The zero-order chi connectivity index (χ0) is 13.5. The smallest absolute Gasteiger partial charge is 0.323 e. The third-order valence-corrected chi connectivity index (χ3v) is 3.20. The molecule has 7 heteroatoms. The minimum Gasteiger partial charge on any atom is -0.359 e. The van der Waals surface area contributed by atoms with Crippen molar-refractivity contribution in [2.24, 2.45) is 4.99 Å². The molecule has 18 heavy (non-hydrogen) atoms. The molecule has 2 amide bonds. The van der Waals surface area contributed by atoms with Gasteiger partial charge in [0.15, 0.2) is 10.3 Å². The lowest BCUT2D eigenvalue weighted by atomic mass is 10.4. The van der Waals surface area contributed by atoms with Crippen molar-refractivity contribution in [2.75, 3.05) is 19.3 Å². The van der Waals surface area contributed by atoms with Crippen LogP contribution in [0.25, 0.3) is 0 Å². The molecule has 1 aliphatic rings. The number of nitrogens with zero attached hydrogens (tertiary/aromatic N) is 2. The van der Waals surface area contributed by atoms with Gasteiger partial charge < -0.3 is 10.2 Å². The molecule has 0 spiro atoms. The predicted octanol–water partition coefficient (Wildman–Crippen LogP) is 1.79. The van der Waals surface area contributed by atoms with Crippen LogP contribution in [0.4, 0.5) is 4.79 Å². The third kappa shape index (κ3) is 5.22. The van der Waals surface area contributed by atoms with E-state index in [2.05, 4.69) is 15.6 Å².